The lowest BCUT2D eigenvalue weighted by Gasteiger charge is -2.36. The van der Waals surface area contributed by atoms with Gasteiger partial charge in [-0.1, -0.05) is 13.8 Å². The van der Waals surface area contributed by atoms with Crippen LogP contribution in [0.4, 0.5) is 0 Å². The molecule has 0 aromatic carbocycles. The second-order valence-corrected chi connectivity index (χ2v) is 6.68. The Balaban J connectivity index is 1.79. The molecule has 1 aromatic rings. The summed E-state index contributed by atoms with van der Waals surface area (Å²) in [5.41, 5.74) is -0.614. The van der Waals surface area contributed by atoms with Crippen LogP contribution in [0.5, 0.6) is 0 Å². The predicted octanol–water partition coefficient (Wildman–Crippen LogP) is 1.69. The maximum absolute atomic E-state index is 9.85. The van der Waals surface area contributed by atoms with Gasteiger partial charge in [0.05, 0.1) is 18.3 Å². The maximum atomic E-state index is 9.85. The number of β-amino-alcohol motifs (C(OH)–C–C–N with tert-alkyl or cyclic N) is 1. The molecule has 1 aliphatic heterocycles. The molecule has 0 radical (unpaired) electrons. The van der Waals surface area contributed by atoms with Crippen LogP contribution in [0.2, 0.25) is 0 Å². The summed E-state index contributed by atoms with van der Waals surface area (Å²) in [5, 5.41) is 9.85. The first-order valence-electron chi connectivity index (χ1n) is 7.45. The van der Waals surface area contributed by atoms with Gasteiger partial charge in [0.25, 0.3) is 0 Å². The Morgan fingerprint density at radius 1 is 1.25 bits per heavy atom. The minimum atomic E-state index is -0.614. The lowest BCUT2D eigenvalue weighted by atomic mass is 10.1. The van der Waals surface area contributed by atoms with Crippen molar-refractivity contribution in [3.05, 3.63) is 17.8 Å². The zero-order chi connectivity index (χ0) is 14.8. The van der Waals surface area contributed by atoms with E-state index in [0.717, 1.165) is 50.9 Å². The number of hydrogen-bond donors (Lipinski definition) is 1. The molecular formula is C15H27N3O2. The van der Waals surface area contributed by atoms with Gasteiger partial charge in [-0.2, -0.15) is 0 Å². The highest BCUT2D eigenvalue weighted by molar-refractivity contribution is 4.99. The van der Waals surface area contributed by atoms with Crippen molar-refractivity contribution < 1.29 is 9.52 Å². The Hall–Kier alpha value is -0.910. The van der Waals surface area contributed by atoms with E-state index in [4.69, 9.17) is 4.42 Å². The fourth-order valence-corrected chi connectivity index (χ4v) is 2.51. The fraction of sp³-hybridized carbons (Fsp3) is 0.800. The lowest BCUT2D eigenvalue weighted by Crippen LogP contribution is -2.50. The molecule has 0 bridgehead atoms. The third-order valence-corrected chi connectivity index (χ3v) is 3.57. The van der Waals surface area contributed by atoms with Gasteiger partial charge >= 0.3 is 0 Å². The second kappa shape index (κ2) is 6.24. The molecule has 1 N–H and O–H groups in total. The quantitative estimate of drug-likeness (QED) is 0.890. The second-order valence-electron chi connectivity index (χ2n) is 6.68. The summed E-state index contributed by atoms with van der Waals surface area (Å²) in [6.45, 7) is 13.4. The molecule has 0 unspecified atom stereocenters. The van der Waals surface area contributed by atoms with Gasteiger partial charge in [0.15, 0.2) is 0 Å². The van der Waals surface area contributed by atoms with E-state index in [1.807, 2.05) is 20.0 Å². The van der Waals surface area contributed by atoms with Crippen molar-refractivity contribution in [1.29, 1.82) is 0 Å². The summed E-state index contributed by atoms with van der Waals surface area (Å²) in [4.78, 5) is 9.02. The number of piperazine rings is 1. The lowest BCUT2D eigenvalue weighted by molar-refractivity contribution is 0.0155. The molecule has 1 fully saturated rings. The fourth-order valence-electron chi connectivity index (χ4n) is 2.51. The molecule has 20 heavy (non-hydrogen) atoms. The van der Waals surface area contributed by atoms with Crippen LogP contribution >= 0.6 is 0 Å². The topological polar surface area (TPSA) is 52.7 Å². The normalized spacial score (nSPS) is 18.9. The first-order chi connectivity index (χ1) is 9.33. The summed E-state index contributed by atoms with van der Waals surface area (Å²) in [6.07, 6.45) is 1.84. The SMILES string of the molecule is CC(C)c1cnc(CN2CCN(CC(C)(C)O)CC2)o1. The van der Waals surface area contributed by atoms with Crippen molar-refractivity contribution >= 4 is 0 Å². The largest absolute Gasteiger partial charge is 0.444 e. The molecule has 0 amide bonds. The molecule has 2 heterocycles. The predicted molar refractivity (Wildman–Crippen MR) is 78.6 cm³/mol. The third-order valence-electron chi connectivity index (χ3n) is 3.57. The van der Waals surface area contributed by atoms with E-state index in [2.05, 4.69) is 28.6 Å². The molecule has 114 valence electrons. The van der Waals surface area contributed by atoms with E-state index in [0.29, 0.717) is 5.92 Å². The number of nitrogens with zero attached hydrogens (tertiary/aromatic N) is 3. The van der Waals surface area contributed by atoms with Crippen LogP contribution in [0.25, 0.3) is 0 Å². The van der Waals surface area contributed by atoms with E-state index < -0.39 is 5.60 Å². The van der Waals surface area contributed by atoms with Gasteiger partial charge in [0.1, 0.15) is 5.76 Å². The van der Waals surface area contributed by atoms with E-state index in [9.17, 15) is 5.11 Å². The molecule has 1 saturated heterocycles. The van der Waals surface area contributed by atoms with Crippen LogP contribution in [-0.2, 0) is 6.54 Å². The van der Waals surface area contributed by atoms with Crippen molar-refractivity contribution in [3.63, 3.8) is 0 Å². The molecule has 0 aliphatic carbocycles. The highest BCUT2D eigenvalue weighted by Gasteiger charge is 2.23. The average Bonchev–Trinajstić information content (AvgIpc) is 2.78. The Labute approximate surface area is 121 Å². The smallest absolute Gasteiger partial charge is 0.208 e. The van der Waals surface area contributed by atoms with Gasteiger partial charge in [-0.05, 0) is 13.8 Å². The number of aliphatic hydroxyl groups is 1. The van der Waals surface area contributed by atoms with Gasteiger partial charge in [-0.25, -0.2) is 4.98 Å². The van der Waals surface area contributed by atoms with Crippen molar-refractivity contribution in [1.82, 2.24) is 14.8 Å². The van der Waals surface area contributed by atoms with Crippen LogP contribution in [0, 0.1) is 0 Å². The van der Waals surface area contributed by atoms with Crippen molar-refractivity contribution in [3.8, 4) is 0 Å². The molecule has 1 aromatic heterocycles. The molecule has 5 heteroatoms. The zero-order valence-electron chi connectivity index (χ0n) is 13.1. The third kappa shape index (κ3) is 4.58. The Morgan fingerprint density at radius 3 is 2.35 bits per heavy atom. The average molecular weight is 281 g/mol. The summed E-state index contributed by atoms with van der Waals surface area (Å²) >= 11 is 0. The summed E-state index contributed by atoms with van der Waals surface area (Å²) in [5.74, 6) is 2.16. The van der Waals surface area contributed by atoms with Crippen LogP contribution in [0.1, 0.15) is 45.3 Å². The Morgan fingerprint density at radius 2 is 1.85 bits per heavy atom. The van der Waals surface area contributed by atoms with Gasteiger partial charge in [-0.3, -0.25) is 9.80 Å². The molecule has 0 saturated carbocycles. The van der Waals surface area contributed by atoms with E-state index in [-0.39, 0.29) is 0 Å². The van der Waals surface area contributed by atoms with Gasteiger partial charge in [-0.15, -0.1) is 0 Å². The van der Waals surface area contributed by atoms with Crippen molar-refractivity contribution in [2.45, 2.75) is 45.8 Å². The van der Waals surface area contributed by atoms with Crippen LogP contribution in [0.15, 0.2) is 10.6 Å². The van der Waals surface area contributed by atoms with Crippen LogP contribution < -0.4 is 0 Å². The minimum Gasteiger partial charge on any atom is -0.444 e. The Kier molecular flexibility index (Phi) is 4.83. The zero-order valence-corrected chi connectivity index (χ0v) is 13.1. The summed E-state index contributed by atoms with van der Waals surface area (Å²) < 4.78 is 5.75. The number of aromatic nitrogens is 1. The van der Waals surface area contributed by atoms with E-state index in [1.54, 1.807) is 0 Å². The van der Waals surface area contributed by atoms with Crippen LogP contribution in [0.3, 0.4) is 0 Å². The van der Waals surface area contributed by atoms with Gasteiger partial charge in [0, 0.05) is 38.6 Å². The molecule has 0 spiro atoms. The minimum absolute atomic E-state index is 0.389. The maximum Gasteiger partial charge on any atom is 0.208 e. The number of oxazole rings is 1. The molecule has 5 nitrogen and oxygen atoms in total. The monoisotopic (exact) mass is 281 g/mol. The molecule has 2 rings (SSSR count). The van der Waals surface area contributed by atoms with Gasteiger partial charge < -0.3 is 9.52 Å². The summed E-state index contributed by atoms with van der Waals surface area (Å²) in [6, 6.07) is 0. The standard InChI is InChI=1S/C15H27N3O2/c1-12(2)13-9-16-14(20-13)10-17-5-7-18(8-6-17)11-15(3,4)19/h9,12,19H,5-8,10-11H2,1-4H3. The van der Waals surface area contributed by atoms with Crippen molar-refractivity contribution in [2.75, 3.05) is 32.7 Å². The number of rotatable bonds is 5. The van der Waals surface area contributed by atoms with Crippen LogP contribution in [-0.4, -0.2) is 58.2 Å². The highest BCUT2D eigenvalue weighted by atomic mass is 16.4. The van der Waals surface area contributed by atoms with Gasteiger partial charge in [0.2, 0.25) is 5.89 Å². The van der Waals surface area contributed by atoms with E-state index >= 15 is 0 Å². The van der Waals surface area contributed by atoms with Crippen molar-refractivity contribution in [2.24, 2.45) is 0 Å². The molecule has 0 atom stereocenters. The first-order valence-corrected chi connectivity index (χ1v) is 7.45. The highest BCUT2D eigenvalue weighted by Crippen LogP contribution is 2.17. The molecule has 1 aliphatic rings. The number of hydrogen-bond acceptors (Lipinski definition) is 5. The Bertz CT molecular complexity index is 415. The first kappa shape index (κ1) is 15.5. The van der Waals surface area contributed by atoms with E-state index in [1.165, 1.54) is 0 Å². The summed E-state index contributed by atoms with van der Waals surface area (Å²) in [7, 11) is 0. The molecular weight excluding hydrogens is 254 g/mol.